The van der Waals surface area contributed by atoms with E-state index in [1.54, 1.807) is 44.2 Å². The lowest BCUT2D eigenvalue weighted by Crippen LogP contribution is -2.26. The number of aryl methyl sites for hydroxylation is 4. The van der Waals surface area contributed by atoms with E-state index in [1.807, 2.05) is 38.1 Å². The minimum Gasteiger partial charge on any atom is -0.466 e. The molecule has 1 amide bonds. The van der Waals surface area contributed by atoms with Crippen LogP contribution >= 0.6 is 0 Å². The van der Waals surface area contributed by atoms with Crippen LogP contribution in [-0.2, 0) is 9.53 Å². The zero-order chi connectivity index (χ0) is 20.3. The highest BCUT2D eigenvalue weighted by molar-refractivity contribution is 5.98. The van der Waals surface area contributed by atoms with Gasteiger partial charge >= 0.3 is 5.97 Å². The predicted molar refractivity (Wildman–Crippen MR) is 107 cm³/mol. The first-order chi connectivity index (χ1) is 13.3. The van der Waals surface area contributed by atoms with Gasteiger partial charge in [0, 0.05) is 11.3 Å². The molecule has 0 aliphatic heterocycles. The molecule has 5 heteroatoms. The van der Waals surface area contributed by atoms with E-state index in [0.717, 1.165) is 11.1 Å². The lowest BCUT2D eigenvalue weighted by Gasteiger charge is -2.18. The number of hydrogen-bond donors (Lipinski definition) is 1. The second kappa shape index (κ2) is 8.13. The van der Waals surface area contributed by atoms with Gasteiger partial charge in [-0.3, -0.25) is 4.79 Å². The van der Waals surface area contributed by atoms with E-state index in [0.29, 0.717) is 28.3 Å². The van der Waals surface area contributed by atoms with E-state index in [-0.39, 0.29) is 0 Å². The van der Waals surface area contributed by atoms with Crippen molar-refractivity contribution in [3.8, 4) is 0 Å². The molecular weight excluding hydrogens is 354 g/mol. The minimum absolute atomic E-state index is 0.317. The molecule has 0 radical (unpaired) electrons. The molecule has 0 bridgehead atoms. The van der Waals surface area contributed by atoms with Crippen LogP contribution in [0.5, 0.6) is 0 Å². The van der Waals surface area contributed by atoms with E-state index in [2.05, 4.69) is 5.32 Å². The lowest BCUT2D eigenvalue weighted by molar-refractivity contribution is -0.125. The van der Waals surface area contributed by atoms with Crippen LogP contribution in [0, 0.1) is 27.7 Å². The molecule has 3 rings (SSSR count). The molecule has 0 aliphatic carbocycles. The van der Waals surface area contributed by atoms with Crippen LogP contribution in [-0.4, -0.2) is 11.9 Å². The van der Waals surface area contributed by atoms with E-state index in [9.17, 15) is 9.59 Å². The Morgan fingerprint density at radius 1 is 0.929 bits per heavy atom. The van der Waals surface area contributed by atoms with E-state index >= 15 is 0 Å². The summed E-state index contributed by atoms with van der Waals surface area (Å²) in [5.41, 5.74) is 3.64. The zero-order valence-electron chi connectivity index (χ0n) is 16.4. The number of nitrogens with one attached hydrogen (secondary N) is 1. The van der Waals surface area contributed by atoms with Gasteiger partial charge < -0.3 is 14.5 Å². The molecular formula is C23H23NO4. The highest BCUT2D eigenvalue weighted by atomic mass is 16.5. The molecule has 0 fully saturated rings. The Balaban J connectivity index is 1.87. The highest BCUT2D eigenvalue weighted by Gasteiger charge is 2.27. The van der Waals surface area contributed by atoms with Crippen LogP contribution in [0.1, 0.15) is 44.7 Å². The first-order valence-electron chi connectivity index (χ1n) is 9.05. The second-order valence-electron chi connectivity index (χ2n) is 6.89. The number of ether oxygens (including phenoxy) is 1. The Labute approximate surface area is 164 Å². The van der Waals surface area contributed by atoms with Crippen molar-refractivity contribution in [2.45, 2.75) is 33.8 Å². The number of esters is 1. The maximum absolute atomic E-state index is 13.0. The average molecular weight is 377 g/mol. The van der Waals surface area contributed by atoms with Gasteiger partial charge in [0.1, 0.15) is 17.1 Å². The number of carbonyl (C=O) groups excluding carboxylic acids is 2. The first-order valence-corrected chi connectivity index (χ1v) is 9.05. The lowest BCUT2D eigenvalue weighted by atomic mass is 10.1. The summed E-state index contributed by atoms with van der Waals surface area (Å²) in [5.74, 6) is 0.0608. The standard InChI is InChI=1S/C23H23NO4/c1-14-10-15(2)12-19(11-14)24-22(25)21(18-8-6-5-7-9-18)28-23(26)20-13-16(3)27-17(20)4/h5-13,21H,1-4H3,(H,24,25). The maximum Gasteiger partial charge on any atom is 0.342 e. The Morgan fingerprint density at radius 2 is 1.57 bits per heavy atom. The molecule has 3 aromatic rings. The Morgan fingerprint density at radius 3 is 2.14 bits per heavy atom. The number of rotatable bonds is 5. The summed E-state index contributed by atoms with van der Waals surface area (Å²) in [4.78, 5) is 25.6. The average Bonchev–Trinajstić information content (AvgIpc) is 2.97. The van der Waals surface area contributed by atoms with E-state index in [4.69, 9.17) is 9.15 Å². The SMILES string of the molecule is Cc1cc(C)cc(NC(=O)C(OC(=O)c2cc(C)oc2C)c2ccccc2)c1. The van der Waals surface area contributed by atoms with Crippen LogP contribution < -0.4 is 5.32 Å². The molecule has 1 N–H and O–H groups in total. The molecule has 5 nitrogen and oxygen atoms in total. The molecule has 2 aromatic carbocycles. The summed E-state index contributed by atoms with van der Waals surface area (Å²) in [6.45, 7) is 7.37. The molecule has 0 saturated heterocycles. The van der Waals surface area contributed by atoms with E-state index < -0.39 is 18.0 Å². The van der Waals surface area contributed by atoms with Crippen molar-refractivity contribution in [2.24, 2.45) is 0 Å². The smallest absolute Gasteiger partial charge is 0.342 e. The highest BCUT2D eigenvalue weighted by Crippen LogP contribution is 2.24. The topological polar surface area (TPSA) is 68.5 Å². The summed E-state index contributed by atoms with van der Waals surface area (Å²) in [6.07, 6.45) is -1.08. The Hall–Kier alpha value is -3.34. The van der Waals surface area contributed by atoms with Gasteiger partial charge in [0.15, 0.2) is 0 Å². The summed E-state index contributed by atoms with van der Waals surface area (Å²) >= 11 is 0. The molecule has 1 atom stereocenters. The summed E-state index contributed by atoms with van der Waals surface area (Å²) in [6, 6.07) is 16.3. The van der Waals surface area contributed by atoms with Crippen molar-refractivity contribution in [3.05, 3.63) is 88.4 Å². The van der Waals surface area contributed by atoms with Crippen molar-refractivity contribution in [2.75, 3.05) is 5.32 Å². The molecule has 0 spiro atoms. The largest absolute Gasteiger partial charge is 0.466 e. The fourth-order valence-electron chi connectivity index (χ4n) is 3.16. The van der Waals surface area contributed by atoms with Crippen LogP contribution in [0.2, 0.25) is 0 Å². The molecule has 0 aliphatic rings. The monoisotopic (exact) mass is 377 g/mol. The molecule has 1 unspecified atom stereocenters. The second-order valence-corrected chi connectivity index (χ2v) is 6.89. The molecule has 144 valence electrons. The third-order valence-corrected chi connectivity index (χ3v) is 4.32. The molecule has 1 aromatic heterocycles. The maximum atomic E-state index is 13.0. The van der Waals surface area contributed by atoms with Crippen LogP contribution in [0.25, 0.3) is 0 Å². The van der Waals surface area contributed by atoms with Crippen molar-refractivity contribution in [1.82, 2.24) is 0 Å². The van der Waals surface area contributed by atoms with Crippen molar-refractivity contribution in [3.63, 3.8) is 0 Å². The quantitative estimate of drug-likeness (QED) is 0.632. The van der Waals surface area contributed by atoms with E-state index in [1.165, 1.54) is 0 Å². The van der Waals surface area contributed by atoms with Crippen molar-refractivity contribution in [1.29, 1.82) is 0 Å². The van der Waals surface area contributed by atoms with Gasteiger partial charge in [-0.05, 0) is 57.0 Å². The third kappa shape index (κ3) is 4.49. The van der Waals surface area contributed by atoms with Gasteiger partial charge in [-0.1, -0.05) is 36.4 Å². The fraction of sp³-hybridized carbons (Fsp3) is 0.217. The molecule has 0 saturated carbocycles. The summed E-state index contributed by atoms with van der Waals surface area (Å²) in [7, 11) is 0. The van der Waals surface area contributed by atoms with Gasteiger partial charge in [-0.15, -0.1) is 0 Å². The van der Waals surface area contributed by atoms with Gasteiger partial charge in [0.2, 0.25) is 6.10 Å². The summed E-state index contributed by atoms with van der Waals surface area (Å²) in [5, 5.41) is 2.86. The Kier molecular flexibility index (Phi) is 5.64. The van der Waals surface area contributed by atoms with Crippen LogP contribution in [0.15, 0.2) is 59.0 Å². The summed E-state index contributed by atoms with van der Waals surface area (Å²) < 4.78 is 11.0. The van der Waals surface area contributed by atoms with Gasteiger partial charge in [-0.25, -0.2) is 4.79 Å². The number of amides is 1. The van der Waals surface area contributed by atoms with Crippen LogP contribution in [0.4, 0.5) is 5.69 Å². The zero-order valence-corrected chi connectivity index (χ0v) is 16.4. The number of hydrogen-bond acceptors (Lipinski definition) is 4. The number of carbonyl (C=O) groups is 2. The number of anilines is 1. The van der Waals surface area contributed by atoms with Gasteiger partial charge in [0.25, 0.3) is 5.91 Å². The van der Waals surface area contributed by atoms with Gasteiger partial charge in [0.05, 0.1) is 0 Å². The predicted octanol–water partition coefficient (Wildman–Crippen LogP) is 5.05. The van der Waals surface area contributed by atoms with Crippen molar-refractivity contribution >= 4 is 17.6 Å². The first kappa shape index (κ1) is 19.4. The molecule has 1 heterocycles. The van der Waals surface area contributed by atoms with Crippen molar-refractivity contribution < 1.29 is 18.7 Å². The number of furan rings is 1. The Bertz CT molecular complexity index is 984. The van der Waals surface area contributed by atoms with Gasteiger partial charge in [-0.2, -0.15) is 0 Å². The third-order valence-electron chi connectivity index (χ3n) is 4.32. The number of benzene rings is 2. The van der Waals surface area contributed by atoms with Crippen LogP contribution in [0.3, 0.4) is 0 Å². The molecule has 28 heavy (non-hydrogen) atoms. The minimum atomic E-state index is -1.08. The fourth-order valence-corrected chi connectivity index (χ4v) is 3.16. The normalized spacial score (nSPS) is 11.7.